The summed E-state index contributed by atoms with van der Waals surface area (Å²) in [5, 5.41) is 2.35. The standard InChI is InChI=1S/C9H6N/c1-2-4-9-7-10-6-5-8(9)3-1/h1-4,6-7H/p+1. The molecule has 0 aliphatic carbocycles. The molecule has 10 heavy (non-hydrogen) atoms. The number of nitrogens with one attached hydrogen (secondary N) is 1. The van der Waals surface area contributed by atoms with Crippen LogP contribution in [0.5, 0.6) is 0 Å². The molecule has 1 aromatic heterocycles. The number of H-pyrrole nitrogens is 1. The summed E-state index contributed by atoms with van der Waals surface area (Å²) in [6, 6.07) is 11.2. The van der Waals surface area contributed by atoms with Gasteiger partial charge in [0.2, 0.25) is 0 Å². The van der Waals surface area contributed by atoms with Gasteiger partial charge in [0, 0.05) is 10.8 Å². The zero-order chi connectivity index (χ0) is 6.81. The Balaban J connectivity index is 2.89. The number of pyridine rings is 1. The summed E-state index contributed by atoms with van der Waals surface area (Å²) < 4.78 is 0. The van der Waals surface area contributed by atoms with Gasteiger partial charge in [-0.15, -0.1) is 0 Å². The van der Waals surface area contributed by atoms with Gasteiger partial charge in [0.05, 0.1) is 6.07 Å². The molecule has 1 radical (unpaired) electrons. The van der Waals surface area contributed by atoms with Crippen molar-refractivity contribution >= 4 is 10.8 Å². The molecule has 47 valence electrons. The fourth-order valence-corrected chi connectivity index (χ4v) is 1.01. The van der Waals surface area contributed by atoms with Crippen LogP contribution in [0.4, 0.5) is 0 Å². The third-order valence-corrected chi connectivity index (χ3v) is 1.51. The smallest absolute Gasteiger partial charge is 0.175 e. The molecule has 1 nitrogen and oxygen atoms in total. The highest BCUT2D eigenvalue weighted by Gasteiger charge is 1.90. The molecular formula is C9H7N+. The maximum atomic E-state index is 3.10. The van der Waals surface area contributed by atoms with Crippen LogP contribution in [0, 0.1) is 6.07 Å². The molecule has 0 saturated carbocycles. The second-order valence-corrected chi connectivity index (χ2v) is 2.19. The molecule has 0 spiro atoms. The van der Waals surface area contributed by atoms with E-state index in [2.05, 4.69) is 17.1 Å². The molecule has 0 fully saturated rings. The minimum atomic E-state index is 1.15. The Morgan fingerprint density at radius 1 is 1.20 bits per heavy atom. The molecule has 0 aliphatic heterocycles. The fourth-order valence-electron chi connectivity index (χ4n) is 1.01. The summed E-state index contributed by atoms with van der Waals surface area (Å²) >= 11 is 0. The number of hydrogen-bond acceptors (Lipinski definition) is 0. The third-order valence-electron chi connectivity index (χ3n) is 1.51. The first-order valence-electron chi connectivity index (χ1n) is 3.23. The average Bonchev–Trinajstić information content (AvgIpc) is 2.05. The largest absolute Gasteiger partial charge is 0.217 e. The van der Waals surface area contributed by atoms with Crippen LogP contribution >= 0.6 is 0 Å². The second kappa shape index (κ2) is 2.10. The van der Waals surface area contributed by atoms with Crippen molar-refractivity contribution in [2.45, 2.75) is 0 Å². The number of aromatic amines is 1. The Kier molecular flexibility index (Phi) is 1.14. The van der Waals surface area contributed by atoms with E-state index in [1.54, 1.807) is 0 Å². The fraction of sp³-hybridized carbons (Fsp3) is 0. The minimum absolute atomic E-state index is 1.15. The summed E-state index contributed by atoms with van der Waals surface area (Å²) in [6.45, 7) is 0. The van der Waals surface area contributed by atoms with Crippen LogP contribution in [0.25, 0.3) is 10.8 Å². The third kappa shape index (κ3) is 0.760. The Morgan fingerprint density at radius 2 is 2.10 bits per heavy atom. The maximum Gasteiger partial charge on any atom is 0.175 e. The average molecular weight is 129 g/mol. The van der Waals surface area contributed by atoms with E-state index in [0.717, 1.165) is 5.39 Å². The summed E-state index contributed by atoms with van der Waals surface area (Å²) in [6.07, 6.45) is 3.77. The molecule has 1 heterocycles. The van der Waals surface area contributed by atoms with Gasteiger partial charge in [-0.2, -0.15) is 0 Å². The Morgan fingerprint density at radius 3 is 3.00 bits per heavy atom. The second-order valence-electron chi connectivity index (χ2n) is 2.19. The van der Waals surface area contributed by atoms with Crippen molar-refractivity contribution in [1.29, 1.82) is 0 Å². The lowest BCUT2D eigenvalue weighted by Crippen LogP contribution is -1.96. The van der Waals surface area contributed by atoms with Crippen molar-refractivity contribution in [3.63, 3.8) is 0 Å². The van der Waals surface area contributed by atoms with Crippen LogP contribution in [0.1, 0.15) is 0 Å². The molecular weight excluding hydrogens is 122 g/mol. The summed E-state index contributed by atoms with van der Waals surface area (Å²) in [7, 11) is 0. The van der Waals surface area contributed by atoms with Gasteiger partial charge in [-0.3, -0.25) is 0 Å². The lowest BCUT2D eigenvalue weighted by atomic mass is 10.2. The monoisotopic (exact) mass is 129 g/mol. The molecule has 0 aliphatic rings. The molecule has 1 aromatic carbocycles. The van der Waals surface area contributed by atoms with Crippen molar-refractivity contribution in [2.24, 2.45) is 0 Å². The summed E-state index contributed by atoms with van der Waals surface area (Å²) in [4.78, 5) is 2.98. The Hall–Kier alpha value is -1.37. The highest BCUT2D eigenvalue weighted by atomic mass is 14.6. The number of rotatable bonds is 0. The van der Waals surface area contributed by atoms with Crippen LogP contribution in [0.15, 0.2) is 36.7 Å². The quantitative estimate of drug-likeness (QED) is 0.511. The zero-order valence-corrected chi connectivity index (χ0v) is 5.46. The van der Waals surface area contributed by atoms with E-state index >= 15 is 0 Å². The maximum absolute atomic E-state index is 3.10. The Labute approximate surface area is 59.3 Å². The van der Waals surface area contributed by atoms with Crippen LogP contribution in [-0.2, 0) is 0 Å². The molecule has 1 N–H and O–H groups in total. The SMILES string of the molecule is [c]1c[nH+]cc2ccccc12. The molecule has 0 amide bonds. The van der Waals surface area contributed by atoms with E-state index in [-0.39, 0.29) is 0 Å². The lowest BCUT2D eigenvalue weighted by molar-refractivity contribution is -0.376. The summed E-state index contributed by atoms with van der Waals surface area (Å²) in [5.41, 5.74) is 0. The first-order valence-corrected chi connectivity index (χ1v) is 3.23. The predicted octanol–water partition coefficient (Wildman–Crippen LogP) is 1.45. The van der Waals surface area contributed by atoms with Gasteiger partial charge >= 0.3 is 0 Å². The topological polar surface area (TPSA) is 14.1 Å². The van der Waals surface area contributed by atoms with Gasteiger partial charge in [0.15, 0.2) is 12.4 Å². The molecule has 2 aromatic rings. The van der Waals surface area contributed by atoms with E-state index in [0.29, 0.717) is 0 Å². The lowest BCUT2D eigenvalue weighted by Gasteiger charge is -1.87. The normalized spacial score (nSPS) is 10.0. The van der Waals surface area contributed by atoms with Crippen LogP contribution in [-0.4, -0.2) is 0 Å². The van der Waals surface area contributed by atoms with Crippen molar-refractivity contribution in [3.05, 3.63) is 42.7 Å². The highest BCUT2D eigenvalue weighted by molar-refractivity contribution is 5.79. The summed E-state index contributed by atoms with van der Waals surface area (Å²) in [5.74, 6) is 0. The number of benzene rings is 1. The number of fused-ring (bicyclic) bond motifs is 1. The van der Waals surface area contributed by atoms with Gasteiger partial charge in [-0.05, 0) is 6.07 Å². The first-order chi connectivity index (χ1) is 4.97. The Bertz CT molecular complexity index is 276. The van der Waals surface area contributed by atoms with E-state index in [9.17, 15) is 0 Å². The first kappa shape index (κ1) is 5.42. The van der Waals surface area contributed by atoms with E-state index < -0.39 is 0 Å². The molecule has 0 unspecified atom stereocenters. The molecule has 0 saturated heterocycles. The van der Waals surface area contributed by atoms with Gasteiger partial charge in [0.25, 0.3) is 0 Å². The minimum Gasteiger partial charge on any atom is -0.217 e. The van der Waals surface area contributed by atoms with Crippen molar-refractivity contribution in [2.75, 3.05) is 0 Å². The van der Waals surface area contributed by atoms with Gasteiger partial charge in [-0.25, -0.2) is 4.98 Å². The van der Waals surface area contributed by atoms with Crippen LogP contribution < -0.4 is 4.98 Å². The van der Waals surface area contributed by atoms with Crippen molar-refractivity contribution in [1.82, 2.24) is 0 Å². The number of hydrogen-bond donors (Lipinski definition) is 0. The predicted molar refractivity (Wildman–Crippen MR) is 39.3 cm³/mol. The molecule has 2 rings (SSSR count). The van der Waals surface area contributed by atoms with Crippen LogP contribution in [0.3, 0.4) is 0 Å². The van der Waals surface area contributed by atoms with Gasteiger partial charge in [-0.1, -0.05) is 18.2 Å². The van der Waals surface area contributed by atoms with Crippen molar-refractivity contribution < 1.29 is 4.98 Å². The van der Waals surface area contributed by atoms with Crippen molar-refractivity contribution in [3.8, 4) is 0 Å². The van der Waals surface area contributed by atoms with Crippen LogP contribution in [0.2, 0.25) is 0 Å². The van der Waals surface area contributed by atoms with E-state index in [1.165, 1.54) is 5.39 Å². The van der Waals surface area contributed by atoms with E-state index in [1.807, 2.05) is 30.6 Å². The molecule has 1 heteroatoms. The molecule has 0 atom stereocenters. The highest BCUT2D eigenvalue weighted by Crippen LogP contribution is 2.07. The zero-order valence-electron chi connectivity index (χ0n) is 5.46. The molecule has 0 bridgehead atoms. The number of aromatic nitrogens is 1. The van der Waals surface area contributed by atoms with Gasteiger partial charge < -0.3 is 0 Å². The van der Waals surface area contributed by atoms with E-state index in [4.69, 9.17) is 0 Å². The van der Waals surface area contributed by atoms with Gasteiger partial charge in [0.1, 0.15) is 0 Å².